The Kier molecular flexibility index (Phi) is 5.34. The molecule has 0 saturated carbocycles. The number of hydrogen-bond acceptors (Lipinski definition) is 2. The third-order valence-corrected chi connectivity index (χ3v) is 4.66. The molecule has 2 atom stereocenters. The smallest absolute Gasteiger partial charge is 0.0426 e. The molecule has 1 heterocycles. The number of hydrogen-bond donors (Lipinski definition) is 1. The second-order valence-corrected chi connectivity index (χ2v) is 6.93. The van der Waals surface area contributed by atoms with Gasteiger partial charge in [0.1, 0.15) is 0 Å². The van der Waals surface area contributed by atoms with Crippen molar-refractivity contribution in [1.82, 2.24) is 5.32 Å². The van der Waals surface area contributed by atoms with E-state index in [0.29, 0.717) is 6.04 Å². The van der Waals surface area contributed by atoms with Gasteiger partial charge in [0.25, 0.3) is 0 Å². The molecular weight excluding hydrogens is 268 g/mol. The Balaban J connectivity index is 2.18. The van der Waals surface area contributed by atoms with Crippen molar-refractivity contribution in [3.8, 4) is 0 Å². The molecule has 0 radical (unpaired) electrons. The van der Waals surface area contributed by atoms with Gasteiger partial charge in [0.15, 0.2) is 0 Å². The van der Waals surface area contributed by atoms with E-state index in [1.807, 2.05) is 6.07 Å². The molecule has 1 fully saturated rings. The SMILES string of the molecule is CC(C)NCc1ccc(Cl)cc1N1CCC(C)C(C)C1. The van der Waals surface area contributed by atoms with Crippen molar-refractivity contribution in [3.05, 3.63) is 28.8 Å². The maximum absolute atomic E-state index is 6.22. The van der Waals surface area contributed by atoms with Crippen molar-refractivity contribution in [1.29, 1.82) is 0 Å². The summed E-state index contributed by atoms with van der Waals surface area (Å²) in [6.07, 6.45) is 1.27. The van der Waals surface area contributed by atoms with Crippen LogP contribution in [0.2, 0.25) is 5.02 Å². The molecule has 1 aromatic carbocycles. The Morgan fingerprint density at radius 1 is 1.30 bits per heavy atom. The lowest BCUT2D eigenvalue weighted by atomic mass is 9.88. The van der Waals surface area contributed by atoms with Crippen molar-refractivity contribution in [2.24, 2.45) is 11.8 Å². The second-order valence-electron chi connectivity index (χ2n) is 6.50. The number of nitrogens with zero attached hydrogens (tertiary/aromatic N) is 1. The van der Waals surface area contributed by atoms with Crippen LogP contribution in [-0.2, 0) is 6.54 Å². The summed E-state index contributed by atoms with van der Waals surface area (Å²) in [6.45, 7) is 12.3. The highest BCUT2D eigenvalue weighted by molar-refractivity contribution is 6.30. The summed E-state index contributed by atoms with van der Waals surface area (Å²) < 4.78 is 0. The molecule has 20 heavy (non-hydrogen) atoms. The average molecular weight is 295 g/mol. The van der Waals surface area contributed by atoms with E-state index in [4.69, 9.17) is 11.6 Å². The van der Waals surface area contributed by atoms with Gasteiger partial charge in [-0.2, -0.15) is 0 Å². The third kappa shape index (κ3) is 3.89. The topological polar surface area (TPSA) is 15.3 Å². The normalized spacial score (nSPS) is 23.4. The van der Waals surface area contributed by atoms with Crippen molar-refractivity contribution >= 4 is 17.3 Å². The predicted octanol–water partition coefficient (Wildman–Crippen LogP) is 4.32. The molecule has 0 aromatic heterocycles. The van der Waals surface area contributed by atoms with E-state index in [-0.39, 0.29) is 0 Å². The van der Waals surface area contributed by atoms with Gasteiger partial charge in [0.2, 0.25) is 0 Å². The zero-order valence-electron chi connectivity index (χ0n) is 13.1. The fraction of sp³-hybridized carbons (Fsp3) is 0.647. The number of piperidine rings is 1. The third-order valence-electron chi connectivity index (χ3n) is 4.42. The molecule has 2 rings (SSSR count). The number of nitrogens with one attached hydrogen (secondary N) is 1. The highest BCUT2D eigenvalue weighted by Crippen LogP contribution is 2.31. The summed E-state index contributed by atoms with van der Waals surface area (Å²) in [5.74, 6) is 1.57. The largest absolute Gasteiger partial charge is 0.371 e. The second kappa shape index (κ2) is 6.82. The maximum atomic E-state index is 6.22. The van der Waals surface area contributed by atoms with Crippen LogP contribution in [0.4, 0.5) is 5.69 Å². The summed E-state index contributed by atoms with van der Waals surface area (Å²) in [5, 5.41) is 4.34. The van der Waals surface area contributed by atoms with E-state index < -0.39 is 0 Å². The molecule has 2 nitrogen and oxygen atoms in total. The fourth-order valence-corrected chi connectivity index (χ4v) is 2.94. The Labute approximate surface area is 128 Å². The molecule has 1 aliphatic rings. The van der Waals surface area contributed by atoms with Gasteiger partial charge in [-0.3, -0.25) is 0 Å². The summed E-state index contributed by atoms with van der Waals surface area (Å²) >= 11 is 6.22. The lowest BCUT2D eigenvalue weighted by molar-refractivity contribution is 0.323. The molecule has 3 heteroatoms. The molecule has 0 bridgehead atoms. The zero-order chi connectivity index (χ0) is 14.7. The van der Waals surface area contributed by atoms with Gasteiger partial charge in [-0.15, -0.1) is 0 Å². The first-order valence-electron chi connectivity index (χ1n) is 7.74. The minimum absolute atomic E-state index is 0.499. The van der Waals surface area contributed by atoms with Gasteiger partial charge in [-0.25, -0.2) is 0 Å². The molecule has 0 aliphatic carbocycles. The summed E-state index contributed by atoms with van der Waals surface area (Å²) in [5.41, 5.74) is 2.66. The fourth-order valence-electron chi connectivity index (χ4n) is 2.78. The van der Waals surface area contributed by atoms with E-state index in [0.717, 1.165) is 36.5 Å². The van der Waals surface area contributed by atoms with Gasteiger partial charge in [-0.05, 0) is 36.0 Å². The first kappa shape index (κ1) is 15.7. The number of rotatable bonds is 4. The van der Waals surface area contributed by atoms with Crippen LogP contribution in [0.25, 0.3) is 0 Å². The summed E-state index contributed by atoms with van der Waals surface area (Å²) in [6, 6.07) is 6.79. The predicted molar refractivity (Wildman–Crippen MR) is 88.6 cm³/mol. The zero-order valence-corrected chi connectivity index (χ0v) is 13.9. The van der Waals surface area contributed by atoms with E-state index >= 15 is 0 Å². The highest BCUT2D eigenvalue weighted by Gasteiger charge is 2.24. The van der Waals surface area contributed by atoms with E-state index in [9.17, 15) is 0 Å². The van der Waals surface area contributed by atoms with Crippen LogP contribution >= 0.6 is 11.6 Å². The van der Waals surface area contributed by atoms with Crippen LogP contribution in [0.1, 0.15) is 39.7 Å². The van der Waals surface area contributed by atoms with Gasteiger partial charge >= 0.3 is 0 Å². The number of anilines is 1. The maximum Gasteiger partial charge on any atom is 0.0426 e. The molecule has 2 unspecified atom stereocenters. The Hall–Kier alpha value is -0.730. The molecule has 0 spiro atoms. The van der Waals surface area contributed by atoms with Gasteiger partial charge in [0.05, 0.1) is 0 Å². The van der Waals surface area contributed by atoms with Crippen molar-refractivity contribution < 1.29 is 0 Å². The van der Waals surface area contributed by atoms with Gasteiger partial charge < -0.3 is 10.2 Å². The monoisotopic (exact) mass is 294 g/mol. The minimum atomic E-state index is 0.499. The van der Waals surface area contributed by atoms with E-state index in [1.54, 1.807) is 0 Å². The molecule has 1 aromatic rings. The van der Waals surface area contributed by atoms with Crippen molar-refractivity contribution in [3.63, 3.8) is 0 Å². The van der Waals surface area contributed by atoms with E-state index in [2.05, 4.69) is 50.0 Å². The van der Waals surface area contributed by atoms with Crippen LogP contribution in [0.5, 0.6) is 0 Å². The lowest BCUT2D eigenvalue weighted by Crippen LogP contribution is -2.39. The Bertz CT molecular complexity index is 445. The highest BCUT2D eigenvalue weighted by atomic mass is 35.5. The average Bonchev–Trinajstić information content (AvgIpc) is 2.40. The first-order valence-corrected chi connectivity index (χ1v) is 8.12. The summed E-state index contributed by atoms with van der Waals surface area (Å²) in [7, 11) is 0. The summed E-state index contributed by atoms with van der Waals surface area (Å²) in [4.78, 5) is 2.51. The van der Waals surface area contributed by atoms with Crippen LogP contribution in [0.15, 0.2) is 18.2 Å². The number of benzene rings is 1. The van der Waals surface area contributed by atoms with Crippen LogP contribution < -0.4 is 10.2 Å². The molecule has 1 saturated heterocycles. The Morgan fingerprint density at radius 3 is 2.70 bits per heavy atom. The van der Waals surface area contributed by atoms with Crippen LogP contribution in [0.3, 0.4) is 0 Å². The standard InChI is InChI=1S/C17H27ClN2/c1-12(2)19-10-15-5-6-16(18)9-17(15)20-8-7-13(3)14(4)11-20/h5-6,9,12-14,19H,7-8,10-11H2,1-4H3. The molecule has 1 aliphatic heterocycles. The first-order chi connectivity index (χ1) is 9.47. The number of halogens is 1. The Morgan fingerprint density at radius 2 is 2.05 bits per heavy atom. The molecule has 112 valence electrons. The van der Waals surface area contributed by atoms with Gasteiger partial charge in [-0.1, -0.05) is 45.4 Å². The minimum Gasteiger partial charge on any atom is -0.371 e. The van der Waals surface area contributed by atoms with Gasteiger partial charge in [0, 0.05) is 36.4 Å². The van der Waals surface area contributed by atoms with Crippen LogP contribution in [0, 0.1) is 11.8 Å². The molecule has 0 amide bonds. The van der Waals surface area contributed by atoms with Crippen LogP contribution in [-0.4, -0.2) is 19.1 Å². The molecule has 1 N–H and O–H groups in total. The van der Waals surface area contributed by atoms with Crippen molar-refractivity contribution in [2.75, 3.05) is 18.0 Å². The lowest BCUT2D eigenvalue weighted by Gasteiger charge is -2.38. The quantitative estimate of drug-likeness (QED) is 0.889. The van der Waals surface area contributed by atoms with Crippen molar-refractivity contribution in [2.45, 2.75) is 46.7 Å². The molecular formula is C17H27ClN2. The van der Waals surface area contributed by atoms with E-state index in [1.165, 1.54) is 17.7 Å².